The number of imide groups is 1. The van der Waals surface area contributed by atoms with E-state index in [4.69, 9.17) is 11.6 Å². The first-order chi connectivity index (χ1) is 7.99. The molecule has 1 aliphatic heterocycles. The monoisotopic (exact) mass is 252 g/mol. The Labute approximate surface area is 100 Å². The summed E-state index contributed by atoms with van der Waals surface area (Å²) >= 11 is 5.64. The summed E-state index contributed by atoms with van der Waals surface area (Å²) in [6.07, 6.45) is 1.03. The van der Waals surface area contributed by atoms with Crippen LogP contribution in [-0.2, 0) is 9.59 Å². The molecule has 0 aromatic heterocycles. The van der Waals surface area contributed by atoms with Gasteiger partial charge in [-0.05, 0) is 12.1 Å². The molecule has 0 radical (unpaired) electrons. The van der Waals surface area contributed by atoms with Crippen LogP contribution in [0, 0.1) is 10.1 Å². The second-order valence-electron chi connectivity index (χ2n) is 3.29. The van der Waals surface area contributed by atoms with Crippen molar-refractivity contribution in [3.8, 4) is 0 Å². The predicted molar refractivity (Wildman–Crippen MR) is 59.2 cm³/mol. The van der Waals surface area contributed by atoms with Crippen molar-refractivity contribution < 1.29 is 14.5 Å². The first-order valence-electron chi connectivity index (χ1n) is 4.50. The number of nitro groups is 1. The molecule has 2 rings (SSSR count). The lowest BCUT2D eigenvalue weighted by atomic mass is 10.0. The standard InChI is InChI=1S/C10H5ClN2O4/c11-5-1-2-6(8(3-5)13(16)17)7-4-9(14)12-10(7)15/h1-4H,(H,12,14,15). The summed E-state index contributed by atoms with van der Waals surface area (Å²) in [5.74, 6) is -1.24. The molecule has 0 saturated heterocycles. The molecular formula is C10H5ClN2O4. The average Bonchev–Trinajstić information content (AvgIpc) is 2.57. The molecule has 1 heterocycles. The highest BCUT2D eigenvalue weighted by Crippen LogP contribution is 2.30. The highest BCUT2D eigenvalue weighted by Gasteiger charge is 2.28. The first-order valence-corrected chi connectivity index (χ1v) is 4.88. The van der Waals surface area contributed by atoms with Crippen LogP contribution in [0.4, 0.5) is 5.69 Å². The van der Waals surface area contributed by atoms with E-state index in [9.17, 15) is 19.7 Å². The number of benzene rings is 1. The fourth-order valence-corrected chi connectivity index (χ4v) is 1.66. The van der Waals surface area contributed by atoms with Gasteiger partial charge in [0, 0.05) is 17.2 Å². The van der Waals surface area contributed by atoms with Crippen LogP contribution in [0.2, 0.25) is 5.02 Å². The summed E-state index contributed by atoms with van der Waals surface area (Å²) in [6, 6.07) is 3.89. The van der Waals surface area contributed by atoms with Crippen LogP contribution in [0.25, 0.3) is 5.57 Å². The van der Waals surface area contributed by atoms with Crippen molar-refractivity contribution in [2.45, 2.75) is 0 Å². The number of hydrogen-bond acceptors (Lipinski definition) is 4. The zero-order valence-corrected chi connectivity index (χ0v) is 9.02. The highest BCUT2D eigenvalue weighted by molar-refractivity contribution is 6.34. The van der Waals surface area contributed by atoms with Gasteiger partial charge in [-0.15, -0.1) is 0 Å². The fraction of sp³-hybridized carbons (Fsp3) is 0. The second-order valence-corrected chi connectivity index (χ2v) is 3.73. The first kappa shape index (κ1) is 11.3. The molecule has 0 aliphatic carbocycles. The zero-order chi connectivity index (χ0) is 12.6. The van der Waals surface area contributed by atoms with Gasteiger partial charge in [-0.2, -0.15) is 0 Å². The lowest BCUT2D eigenvalue weighted by Gasteiger charge is -2.02. The van der Waals surface area contributed by atoms with Crippen molar-refractivity contribution >= 4 is 34.7 Å². The Morgan fingerprint density at radius 1 is 1.29 bits per heavy atom. The summed E-state index contributed by atoms with van der Waals surface area (Å²) in [4.78, 5) is 32.5. The third kappa shape index (κ3) is 2.02. The Balaban J connectivity index is 2.60. The van der Waals surface area contributed by atoms with Crippen LogP contribution in [0.5, 0.6) is 0 Å². The van der Waals surface area contributed by atoms with Crippen LogP contribution in [0.15, 0.2) is 24.3 Å². The van der Waals surface area contributed by atoms with Crippen molar-refractivity contribution in [1.82, 2.24) is 5.32 Å². The molecule has 0 spiro atoms. The molecular weight excluding hydrogens is 248 g/mol. The Kier molecular flexibility index (Phi) is 2.64. The Hall–Kier alpha value is -2.21. The summed E-state index contributed by atoms with van der Waals surface area (Å²) in [5.41, 5.74) is -0.269. The molecule has 0 unspecified atom stereocenters. The molecule has 1 aromatic rings. The minimum absolute atomic E-state index is 0.0293. The summed E-state index contributed by atoms with van der Waals surface area (Å²) in [6.45, 7) is 0. The normalized spacial score (nSPS) is 14.5. The van der Waals surface area contributed by atoms with Crippen molar-refractivity contribution in [3.63, 3.8) is 0 Å². The number of carbonyl (C=O) groups is 2. The average molecular weight is 253 g/mol. The van der Waals surface area contributed by atoms with E-state index in [-0.39, 0.29) is 21.8 Å². The Bertz CT molecular complexity index is 580. The Morgan fingerprint density at radius 2 is 2.00 bits per heavy atom. The van der Waals surface area contributed by atoms with Gasteiger partial charge >= 0.3 is 0 Å². The van der Waals surface area contributed by atoms with E-state index in [1.807, 2.05) is 5.32 Å². The fourth-order valence-electron chi connectivity index (χ4n) is 1.50. The van der Waals surface area contributed by atoms with E-state index in [0.717, 1.165) is 12.1 Å². The number of nitrogens with zero attached hydrogens (tertiary/aromatic N) is 1. The highest BCUT2D eigenvalue weighted by atomic mass is 35.5. The van der Waals surface area contributed by atoms with Gasteiger partial charge < -0.3 is 0 Å². The van der Waals surface area contributed by atoms with Crippen LogP contribution >= 0.6 is 11.6 Å². The molecule has 1 N–H and O–H groups in total. The van der Waals surface area contributed by atoms with Crippen LogP contribution < -0.4 is 5.32 Å². The molecule has 7 heteroatoms. The number of nitrogens with one attached hydrogen (secondary N) is 1. The topological polar surface area (TPSA) is 89.3 Å². The molecule has 2 amide bonds. The maximum absolute atomic E-state index is 11.4. The predicted octanol–water partition coefficient (Wildman–Crippen LogP) is 1.29. The summed E-state index contributed by atoms with van der Waals surface area (Å²) in [7, 11) is 0. The van der Waals surface area contributed by atoms with Gasteiger partial charge in [0.2, 0.25) is 0 Å². The van der Waals surface area contributed by atoms with Gasteiger partial charge in [-0.1, -0.05) is 11.6 Å². The molecule has 0 fully saturated rings. The van der Waals surface area contributed by atoms with Crippen molar-refractivity contribution in [2.24, 2.45) is 0 Å². The maximum Gasteiger partial charge on any atom is 0.278 e. The third-order valence-corrected chi connectivity index (χ3v) is 2.44. The van der Waals surface area contributed by atoms with Gasteiger partial charge in [0.15, 0.2) is 0 Å². The van der Waals surface area contributed by atoms with Gasteiger partial charge in [-0.3, -0.25) is 25.0 Å². The molecule has 0 atom stereocenters. The third-order valence-electron chi connectivity index (χ3n) is 2.20. The smallest absolute Gasteiger partial charge is 0.278 e. The van der Waals surface area contributed by atoms with Gasteiger partial charge in [0.1, 0.15) is 0 Å². The van der Waals surface area contributed by atoms with E-state index >= 15 is 0 Å². The second kappa shape index (κ2) is 3.99. The van der Waals surface area contributed by atoms with Gasteiger partial charge in [0.25, 0.3) is 17.5 Å². The molecule has 17 heavy (non-hydrogen) atoms. The van der Waals surface area contributed by atoms with E-state index in [1.54, 1.807) is 0 Å². The van der Waals surface area contributed by atoms with E-state index in [1.165, 1.54) is 12.1 Å². The van der Waals surface area contributed by atoms with Crippen LogP contribution in [-0.4, -0.2) is 16.7 Å². The number of rotatable bonds is 2. The SMILES string of the molecule is O=C1C=C(c2ccc(Cl)cc2[N+](=O)[O-])C(=O)N1. The summed E-state index contributed by atoms with van der Waals surface area (Å²) in [5, 5.41) is 13.0. The number of amides is 2. The number of carbonyl (C=O) groups excluding carboxylic acids is 2. The molecule has 1 aliphatic rings. The lowest BCUT2D eigenvalue weighted by molar-refractivity contribution is -0.385. The molecule has 6 nitrogen and oxygen atoms in total. The Morgan fingerprint density at radius 3 is 2.53 bits per heavy atom. The minimum Gasteiger partial charge on any atom is -0.289 e. The van der Waals surface area contributed by atoms with E-state index in [0.29, 0.717) is 0 Å². The number of nitro benzene ring substituents is 1. The quantitative estimate of drug-likeness (QED) is 0.488. The zero-order valence-electron chi connectivity index (χ0n) is 8.27. The van der Waals surface area contributed by atoms with Crippen molar-refractivity contribution in [3.05, 3.63) is 45.0 Å². The molecule has 0 bridgehead atoms. The van der Waals surface area contributed by atoms with E-state index < -0.39 is 16.7 Å². The molecule has 1 aromatic carbocycles. The molecule has 0 saturated carbocycles. The van der Waals surface area contributed by atoms with Crippen LogP contribution in [0.3, 0.4) is 0 Å². The summed E-state index contributed by atoms with van der Waals surface area (Å²) < 4.78 is 0. The van der Waals surface area contributed by atoms with Gasteiger partial charge in [0.05, 0.1) is 16.1 Å². The lowest BCUT2D eigenvalue weighted by Crippen LogP contribution is -2.21. The van der Waals surface area contributed by atoms with Crippen molar-refractivity contribution in [2.75, 3.05) is 0 Å². The van der Waals surface area contributed by atoms with E-state index in [2.05, 4.69) is 0 Å². The molecule has 86 valence electrons. The van der Waals surface area contributed by atoms with Crippen molar-refractivity contribution in [1.29, 1.82) is 0 Å². The van der Waals surface area contributed by atoms with Crippen LogP contribution in [0.1, 0.15) is 5.56 Å². The number of hydrogen-bond donors (Lipinski definition) is 1. The minimum atomic E-state index is -0.655. The maximum atomic E-state index is 11.4. The number of halogens is 1. The van der Waals surface area contributed by atoms with Gasteiger partial charge in [-0.25, -0.2) is 0 Å². The largest absolute Gasteiger partial charge is 0.289 e.